The molecule has 17 heavy (non-hydrogen) atoms. The third-order valence-electron chi connectivity index (χ3n) is 4.77. The Kier molecular flexibility index (Phi) is 4.05. The van der Waals surface area contributed by atoms with E-state index >= 15 is 0 Å². The lowest BCUT2D eigenvalue weighted by Crippen LogP contribution is -2.60. The second-order valence-electron chi connectivity index (χ2n) is 6.58. The molecule has 0 radical (unpaired) electrons. The number of likely N-dealkylation sites (N-methyl/N-ethyl adjacent to an activating group) is 1. The van der Waals surface area contributed by atoms with Crippen molar-refractivity contribution in [3.63, 3.8) is 0 Å². The minimum absolute atomic E-state index is 0.180. The molecule has 0 aromatic heterocycles. The monoisotopic (exact) mass is 270 g/mol. The standard InChI is InChI=1S/C14H27NSSi/c1-8-14(10-9-13(14,3)11-16)15(4)12(2)17(5,6)7/h9-10H,8,11H2,1-7H3/p+1/b15-12-. The molecule has 0 spiro atoms. The van der Waals surface area contributed by atoms with E-state index in [1.54, 1.807) is 5.33 Å². The average Bonchev–Trinajstić information content (AvgIpc) is 2.25. The Bertz CT molecular complexity index is 367. The van der Waals surface area contributed by atoms with Crippen LogP contribution in [-0.2, 0) is 0 Å². The Morgan fingerprint density at radius 3 is 2.06 bits per heavy atom. The number of hydrogen-bond acceptors (Lipinski definition) is 1. The van der Waals surface area contributed by atoms with Crippen molar-refractivity contribution in [3.8, 4) is 0 Å². The highest BCUT2D eigenvalue weighted by atomic mass is 32.1. The van der Waals surface area contributed by atoms with Crippen LogP contribution < -0.4 is 0 Å². The minimum Gasteiger partial charge on any atom is -0.235 e. The first-order chi connectivity index (χ1) is 7.64. The van der Waals surface area contributed by atoms with Gasteiger partial charge in [-0.15, -0.1) is 0 Å². The van der Waals surface area contributed by atoms with Gasteiger partial charge in [0.1, 0.15) is 12.4 Å². The van der Waals surface area contributed by atoms with Gasteiger partial charge in [0.2, 0.25) is 0 Å². The summed E-state index contributed by atoms with van der Waals surface area (Å²) in [5.74, 6) is 0.917. The largest absolute Gasteiger partial charge is 0.235 e. The number of thiol groups is 1. The van der Waals surface area contributed by atoms with E-state index in [9.17, 15) is 0 Å². The van der Waals surface area contributed by atoms with Crippen LogP contribution in [0, 0.1) is 5.41 Å². The van der Waals surface area contributed by atoms with E-state index in [0.717, 1.165) is 12.2 Å². The predicted molar refractivity (Wildman–Crippen MR) is 84.3 cm³/mol. The zero-order valence-corrected chi connectivity index (χ0v) is 14.4. The maximum Gasteiger partial charge on any atom is 0.189 e. The Morgan fingerprint density at radius 1 is 1.29 bits per heavy atom. The van der Waals surface area contributed by atoms with Gasteiger partial charge in [-0.2, -0.15) is 12.6 Å². The van der Waals surface area contributed by atoms with Gasteiger partial charge in [0, 0.05) is 19.1 Å². The Morgan fingerprint density at radius 2 is 1.82 bits per heavy atom. The lowest BCUT2D eigenvalue weighted by atomic mass is 9.61. The molecule has 0 N–H and O–H groups in total. The lowest BCUT2D eigenvalue weighted by Gasteiger charge is -2.47. The van der Waals surface area contributed by atoms with Gasteiger partial charge in [-0.25, -0.2) is 4.58 Å². The van der Waals surface area contributed by atoms with Crippen molar-refractivity contribution < 1.29 is 4.58 Å². The van der Waals surface area contributed by atoms with E-state index in [1.807, 2.05) is 0 Å². The van der Waals surface area contributed by atoms with E-state index in [-0.39, 0.29) is 11.0 Å². The molecular formula is C14H28NSSi+. The number of hydrogen-bond donors (Lipinski definition) is 1. The molecule has 2 atom stereocenters. The van der Waals surface area contributed by atoms with Crippen LogP contribution in [0.3, 0.4) is 0 Å². The van der Waals surface area contributed by atoms with Crippen LogP contribution in [0.2, 0.25) is 19.6 Å². The highest BCUT2D eigenvalue weighted by Crippen LogP contribution is 2.48. The summed E-state index contributed by atoms with van der Waals surface area (Å²) in [6.07, 6.45) is 5.86. The minimum atomic E-state index is -1.22. The maximum atomic E-state index is 4.56. The van der Waals surface area contributed by atoms with Gasteiger partial charge >= 0.3 is 0 Å². The highest BCUT2D eigenvalue weighted by Gasteiger charge is 2.57. The van der Waals surface area contributed by atoms with Crippen molar-refractivity contribution in [2.45, 2.75) is 52.4 Å². The van der Waals surface area contributed by atoms with Crippen LogP contribution in [0.25, 0.3) is 0 Å². The molecule has 0 heterocycles. The molecule has 0 saturated carbocycles. The first-order valence-electron chi connectivity index (χ1n) is 6.54. The molecule has 3 heteroatoms. The molecule has 1 aliphatic carbocycles. The summed E-state index contributed by atoms with van der Waals surface area (Å²) in [7, 11) is 1.04. The summed E-state index contributed by atoms with van der Waals surface area (Å²) in [5.41, 5.74) is 0.389. The molecule has 1 rings (SSSR count). The van der Waals surface area contributed by atoms with Crippen molar-refractivity contribution in [1.82, 2.24) is 0 Å². The van der Waals surface area contributed by atoms with E-state index in [0.29, 0.717) is 0 Å². The van der Waals surface area contributed by atoms with Crippen LogP contribution >= 0.6 is 12.6 Å². The highest BCUT2D eigenvalue weighted by molar-refractivity contribution is 7.80. The van der Waals surface area contributed by atoms with Crippen molar-refractivity contribution in [2.24, 2.45) is 5.41 Å². The molecule has 2 unspecified atom stereocenters. The third kappa shape index (κ3) is 2.16. The van der Waals surface area contributed by atoms with E-state index in [1.165, 1.54) is 0 Å². The third-order valence-corrected chi connectivity index (χ3v) is 7.93. The zero-order valence-electron chi connectivity index (χ0n) is 12.5. The molecule has 0 bridgehead atoms. The molecule has 0 aliphatic heterocycles. The molecule has 1 nitrogen and oxygen atoms in total. The van der Waals surface area contributed by atoms with Crippen molar-refractivity contribution in [1.29, 1.82) is 0 Å². The smallest absolute Gasteiger partial charge is 0.189 e. The molecular weight excluding hydrogens is 242 g/mol. The first-order valence-corrected chi connectivity index (χ1v) is 10.7. The fraction of sp³-hybridized carbons (Fsp3) is 0.786. The van der Waals surface area contributed by atoms with Gasteiger partial charge in [0.05, 0.1) is 5.41 Å². The lowest BCUT2D eigenvalue weighted by molar-refractivity contribution is -0.590. The Hall–Kier alpha value is -0.0231. The number of rotatable bonds is 4. The van der Waals surface area contributed by atoms with Gasteiger partial charge < -0.3 is 0 Å². The normalized spacial score (nSPS) is 34.4. The summed E-state index contributed by atoms with van der Waals surface area (Å²) < 4.78 is 2.54. The SMILES string of the molecule is CCC1(/[N+](C)=C(/C)[Si](C)(C)C)C=CC1(C)CS. The van der Waals surface area contributed by atoms with Gasteiger partial charge in [0.15, 0.2) is 13.6 Å². The molecule has 1 aliphatic rings. The summed E-state index contributed by atoms with van der Waals surface area (Å²) in [5, 5.41) is 1.58. The molecule has 98 valence electrons. The quantitative estimate of drug-likeness (QED) is 0.261. The van der Waals surface area contributed by atoms with Crippen LogP contribution in [-0.4, -0.2) is 36.3 Å². The topological polar surface area (TPSA) is 3.01 Å². The summed E-state index contributed by atoms with van der Waals surface area (Å²) in [6, 6.07) is 0. The predicted octanol–water partition coefficient (Wildman–Crippen LogP) is 3.62. The molecule has 0 aromatic rings. The van der Waals surface area contributed by atoms with Crippen LogP contribution in [0.1, 0.15) is 27.2 Å². The van der Waals surface area contributed by atoms with E-state index in [2.05, 4.69) is 76.8 Å². The van der Waals surface area contributed by atoms with Crippen molar-refractivity contribution >= 4 is 26.0 Å². The van der Waals surface area contributed by atoms with Crippen LogP contribution in [0.4, 0.5) is 0 Å². The van der Waals surface area contributed by atoms with Gasteiger partial charge in [0.25, 0.3) is 0 Å². The number of nitrogens with zero attached hydrogens (tertiary/aromatic N) is 1. The fourth-order valence-corrected chi connectivity index (χ4v) is 4.39. The second-order valence-corrected chi connectivity index (χ2v) is 12.1. The summed E-state index contributed by atoms with van der Waals surface area (Å²) in [4.78, 5) is 0. The zero-order chi connectivity index (χ0) is 13.5. The van der Waals surface area contributed by atoms with Crippen LogP contribution in [0.15, 0.2) is 12.2 Å². The van der Waals surface area contributed by atoms with Gasteiger partial charge in [-0.3, -0.25) is 0 Å². The molecule has 0 amide bonds. The van der Waals surface area contributed by atoms with Crippen molar-refractivity contribution in [2.75, 3.05) is 12.8 Å². The first kappa shape index (κ1) is 15.0. The molecule has 0 aromatic carbocycles. The van der Waals surface area contributed by atoms with E-state index < -0.39 is 8.07 Å². The average molecular weight is 271 g/mol. The Balaban J connectivity index is 3.28. The molecule has 0 fully saturated rings. The van der Waals surface area contributed by atoms with Gasteiger partial charge in [-0.05, 0) is 13.0 Å². The fourth-order valence-electron chi connectivity index (χ4n) is 2.81. The second kappa shape index (κ2) is 4.58. The van der Waals surface area contributed by atoms with Crippen LogP contribution in [0.5, 0.6) is 0 Å². The van der Waals surface area contributed by atoms with Gasteiger partial charge in [-0.1, -0.05) is 32.6 Å². The maximum absolute atomic E-state index is 4.56. The summed E-state index contributed by atoms with van der Waals surface area (Å²) >= 11 is 4.56. The van der Waals surface area contributed by atoms with Crippen molar-refractivity contribution in [3.05, 3.63) is 12.2 Å². The Labute approximate surface area is 113 Å². The molecule has 0 saturated heterocycles. The van der Waals surface area contributed by atoms with E-state index in [4.69, 9.17) is 0 Å². The summed E-state index contributed by atoms with van der Waals surface area (Å²) in [6.45, 7) is 14.2.